The molecule has 0 aliphatic heterocycles. The molecule has 3 atom stereocenters. The Hall–Kier alpha value is -0.450. The molecule has 0 aliphatic carbocycles. The lowest BCUT2D eigenvalue weighted by atomic mass is 9.74. The zero-order valence-electron chi connectivity index (χ0n) is 16.6. The van der Waals surface area contributed by atoms with Crippen molar-refractivity contribution in [2.24, 2.45) is 23.0 Å². The van der Waals surface area contributed by atoms with Gasteiger partial charge in [-0.1, -0.05) is 34.6 Å². The molecule has 0 radical (unpaired) electrons. The first-order chi connectivity index (χ1) is 10.5. The Bertz CT molecular complexity index is 355. The average Bonchev–Trinajstić information content (AvgIpc) is 2.50. The summed E-state index contributed by atoms with van der Waals surface area (Å²) in [6, 6.07) is 0. The van der Waals surface area contributed by atoms with Crippen molar-refractivity contribution in [3.63, 3.8) is 0 Å². The number of carbonyl (C=O) groups excluding carboxylic acids is 1. The monoisotopic (exact) mass is 329 g/mol. The third-order valence-electron chi connectivity index (χ3n) is 5.59. The van der Waals surface area contributed by atoms with Gasteiger partial charge in [-0.3, -0.25) is 0 Å². The van der Waals surface area contributed by atoms with Crippen LogP contribution in [0.25, 0.3) is 0 Å². The van der Waals surface area contributed by atoms with Crippen LogP contribution in [0.5, 0.6) is 0 Å². The number of ether oxygens (including phenoxy) is 2. The van der Waals surface area contributed by atoms with Crippen LogP contribution in [0, 0.1) is 17.3 Å². The van der Waals surface area contributed by atoms with Gasteiger partial charge >= 0.3 is 0 Å². The molecule has 4 heteroatoms. The molecule has 0 saturated heterocycles. The minimum atomic E-state index is -0.281. The number of hydrogen-bond donors (Lipinski definition) is 1. The first-order valence-corrected chi connectivity index (χ1v) is 8.89. The van der Waals surface area contributed by atoms with Crippen molar-refractivity contribution in [2.45, 2.75) is 79.4 Å². The SMILES string of the molecule is CCC(C)(OCCN)C(C)(C)COC(C)(C)C(C)CC(C)C=O. The van der Waals surface area contributed by atoms with E-state index in [2.05, 4.69) is 48.5 Å². The molecular formula is C19H39NO3. The Balaban J connectivity index is 4.85. The molecule has 0 saturated carbocycles. The second-order valence-electron chi connectivity index (χ2n) is 8.25. The average molecular weight is 330 g/mol. The van der Waals surface area contributed by atoms with E-state index in [0.717, 1.165) is 19.1 Å². The maximum atomic E-state index is 10.9. The van der Waals surface area contributed by atoms with Gasteiger partial charge in [0.25, 0.3) is 0 Å². The van der Waals surface area contributed by atoms with Crippen molar-refractivity contribution in [1.29, 1.82) is 0 Å². The van der Waals surface area contributed by atoms with E-state index in [9.17, 15) is 4.79 Å². The highest BCUT2D eigenvalue weighted by molar-refractivity contribution is 5.52. The van der Waals surface area contributed by atoms with Gasteiger partial charge in [0, 0.05) is 17.9 Å². The fourth-order valence-electron chi connectivity index (χ4n) is 2.62. The molecule has 4 nitrogen and oxygen atoms in total. The molecule has 0 rings (SSSR count). The van der Waals surface area contributed by atoms with Crippen LogP contribution in [0.1, 0.15) is 68.2 Å². The number of carbonyl (C=O) groups is 1. The summed E-state index contributed by atoms with van der Waals surface area (Å²) >= 11 is 0. The largest absolute Gasteiger partial charge is 0.375 e. The van der Waals surface area contributed by atoms with Crippen molar-refractivity contribution in [3.8, 4) is 0 Å². The summed E-state index contributed by atoms with van der Waals surface area (Å²) < 4.78 is 12.4. The van der Waals surface area contributed by atoms with Crippen molar-refractivity contribution >= 4 is 6.29 Å². The molecule has 0 bridgehead atoms. The van der Waals surface area contributed by atoms with Crippen molar-refractivity contribution in [3.05, 3.63) is 0 Å². The summed E-state index contributed by atoms with van der Waals surface area (Å²) in [4.78, 5) is 10.9. The van der Waals surface area contributed by atoms with Crippen LogP contribution >= 0.6 is 0 Å². The summed E-state index contributed by atoms with van der Waals surface area (Å²) in [5, 5.41) is 0. The van der Waals surface area contributed by atoms with E-state index < -0.39 is 0 Å². The number of rotatable bonds is 12. The van der Waals surface area contributed by atoms with Crippen molar-refractivity contribution in [2.75, 3.05) is 19.8 Å². The van der Waals surface area contributed by atoms with Crippen LogP contribution < -0.4 is 5.73 Å². The van der Waals surface area contributed by atoms with E-state index in [-0.39, 0.29) is 22.5 Å². The van der Waals surface area contributed by atoms with Crippen LogP contribution in [0.4, 0.5) is 0 Å². The molecule has 0 fully saturated rings. The van der Waals surface area contributed by atoms with Crippen LogP contribution in [-0.4, -0.2) is 37.2 Å². The highest BCUT2D eigenvalue weighted by atomic mass is 16.5. The Morgan fingerprint density at radius 1 is 1.09 bits per heavy atom. The second kappa shape index (κ2) is 9.14. The minimum absolute atomic E-state index is 0.0645. The minimum Gasteiger partial charge on any atom is -0.375 e. The zero-order valence-corrected chi connectivity index (χ0v) is 16.6. The van der Waals surface area contributed by atoms with Gasteiger partial charge in [0.05, 0.1) is 24.4 Å². The number of nitrogens with two attached hydrogens (primary N) is 1. The third kappa shape index (κ3) is 6.52. The van der Waals surface area contributed by atoms with E-state index in [0.29, 0.717) is 25.7 Å². The predicted molar refractivity (Wildman–Crippen MR) is 96.5 cm³/mol. The molecule has 2 N–H and O–H groups in total. The maximum Gasteiger partial charge on any atom is 0.122 e. The fourth-order valence-corrected chi connectivity index (χ4v) is 2.62. The van der Waals surface area contributed by atoms with Gasteiger partial charge in [0.1, 0.15) is 6.29 Å². The van der Waals surface area contributed by atoms with E-state index >= 15 is 0 Å². The summed E-state index contributed by atoms with van der Waals surface area (Å²) in [6.07, 6.45) is 2.76. The smallest absolute Gasteiger partial charge is 0.122 e. The molecule has 23 heavy (non-hydrogen) atoms. The lowest BCUT2D eigenvalue weighted by molar-refractivity contribution is -0.166. The van der Waals surface area contributed by atoms with Gasteiger partial charge in [-0.25, -0.2) is 0 Å². The normalized spacial score (nSPS) is 18.3. The number of aldehydes is 1. The van der Waals surface area contributed by atoms with Gasteiger partial charge in [-0.15, -0.1) is 0 Å². The summed E-state index contributed by atoms with van der Waals surface area (Å²) in [6.45, 7) is 18.6. The van der Waals surface area contributed by atoms with Crippen LogP contribution in [0.2, 0.25) is 0 Å². The fraction of sp³-hybridized carbons (Fsp3) is 0.947. The van der Waals surface area contributed by atoms with Crippen LogP contribution in [0.3, 0.4) is 0 Å². The maximum absolute atomic E-state index is 10.9. The van der Waals surface area contributed by atoms with Gasteiger partial charge < -0.3 is 20.0 Å². The van der Waals surface area contributed by atoms with Gasteiger partial charge in [-0.2, -0.15) is 0 Å². The Kier molecular flexibility index (Phi) is 8.96. The Labute approximate surface area is 143 Å². The second-order valence-corrected chi connectivity index (χ2v) is 8.25. The van der Waals surface area contributed by atoms with Gasteiger partial charge in [0.2, 0.25) is 0 Å². The summed E-state index contributed by atoms with van der Waals surface area (Å²) in [7, 11) is 0. The standard InChI is InChI=1S/C19H39NO3/c1-9-19(8,22-11-10-20)17(4,5)14-23-18(6,7)16(3)12-15(2)13-21/h13,15-16H,9-12,14,20H2,1-8H3. The molecule has 0 aromatic rings. The molecule has 0 aromatic heterocycles. The van der Waals surface area contributed by atoms with Gasteiger partial charge in [-0.05, 0) is 39.5 Å². The molecule has 0 spiro atoms. The van der Waals surface area contributed by atoms with E-state index in [4.69, 9.17) is 15.2 Å². The molecule has 0 heterocycles. The lowest BCUT2D eigenvalue weighted by Gasteiger charge is -2.45. The molecule has 138 valence electrons. The molecule has 0 aromatic carbocycles. The predicted octanol–water partition coefficient (Wildman–Crippen LogP) is 3.81. The first-order valence-electron chi connectivity index (χ1n) is 8.89. The number of hydrogen-bond acceptors (Lipinski definition) is 4. The van der Waals surface area contributed by atoms with Gasteiger partial charge in [0.15, 0.2) is 0 Å². The van der Waals surface area contributed by atoms with E-state index in [1.54, 1.807) is 0 Å². The molecule has 0 amide bonds. The Morgan fingerprint density at radius 3 is 2.09 bits per heavy atom. The topological polar surface area (TPSA) is 61.6 Å². The summed E-state index contributed by atoms with van der Waals surface area (Å²) in [5.41, 5.74) is 4.90. The highest BCUT2D eigenvalue weighted by Gasteiger charge is 2.42. The van der Waals surface area contributed by atoms with E-state index in [1.807, 2.05) is 6.92 Å². The van der Waals surface area contributed by atoms with Crippen molar-refractivity contribution in [1.82, 2.24) is 0 Å². The third-order valence-corrected chi connectivity index (χ3v) is 5.59. The highest BCUT2D eigenvalue weighted by Crippen LogP contribution is 2.39. The molecule has 0 aliphatic rings. The molecular weight excluding hydrogens is 290 g/mol. The van der Waals surface area contributed by atoms with Crippen LogP contribution in [-0.2, 0) is 14.3 Å². The lowest BCUT2D eigenvalue weighted by Crippen LogP contribution is -2.49. The van der Waals surface area contributed by atoms with E-state index in [1.165, 1.54) is 0 Å². The van der Waals surface area contributed by atoms with Crippen molar-refractivity contribution < 1.29 is 14.3 Å². The zero-order chi connectivity index (χ0) is 18.3. The van der Waals surface area contributed by atoms with Crippen LogP contribution in [0.15, 0.2) is 0 Å². The summed E-state index contributed by atoms with van der Waals surface area (Å²) in [5.74, 6) is 0.367. The Morgan fingerprint density at radius 2 is 1.65 bits per heavy atom. The first kappa shape index (κ1) is 22.6. The quantitative estimate of drug-likeness (QED) is 0.553. The molecule has 3 unspecified atom stereocenters.